The number of unbranched alkanes of at least 4 members (excludes halogenated alkanes) is 1. The van der Waals surface area contributed by atoms with E-state index >= 15 is 0 Å². The zero-order valence-corrected chi connectivity index (χ0v) is 21.1. The molecule has 0 saturated heterocycles. The Hall–Kier alpha value is -0.473. The Labute approximate surface area is 174 Å². The molecule has 0 fully saturated rings. The third kappa shape index (κ3) is 4.58. The van der Waals surface area contributed by atoms with Crippen LogP contribution in [0, 0.1) is 10.8 Å². The summed E-state index contributed by atoms with van der Waals surface area (Å²) >= 11 is 2.28. The molecule has 0 spiro atoms. The third-order valence-electron chi connectivity index (χ3n) is 6.37. The van der Waals surface area contributed by atoms with Crippen LogP contribution in [0.5, 0.6) is 0 Å². The topological polar surface area (TPSA) is 0 Å². The van der Waals surface area contributed by atoms with Crippen LogP contribution in [0.2, 0.25) is 13.1 Å². The van der Waals surface area contributed by atoms with E-state index in [2.05, 4.69) is 104 Å². The third-order valence-corrected chi connectivity index (χ3v) is 14.0. The summed E-state index contributed by atoms with van der Waals surface area (Å²) in [5.74, 6) is 1.27. The maximum Gasteiger partial charge on any atom is 0.103 e. The molecular formula is C25H42SSi. The first kappa shape index (κ1) is 22.8. The van der Waals surface area contributed by atoms with Crippen LogP contribution in [0.25, 0.3) is 0 Å². The van der Waals surface area contributed by atoms with Crippen molar-refractivity contribution in [2.45, 2.75) is 91.6 Å². The second kappa shape index (κ2) is 8.11. The standard InChI is InChI=1S/C25H42SSi/c1-10-11-18-26-25(27(8,9)21-14-12-13-15-21)17-16-20(23(2,3)4)19-22(25)24(5,6)7/h12,14-16,19H,10-11,13,17-18H2,1-9H3. The Morgan fingerprint density at radius 3 is 2.19 bits per heavy atom. The molecule has 0 aliphatic heterocycles. The summed E-state index contributed by atoms with van der Waals surface area (Å²) in [6.45, 7) is 21.9. The van der Waals surface area contributed by atoms with Gasteiger partial charge in [-0.1, -0.05) is 109 Å². The molecule has 27 heavy (non-hydrogen) atoms. The Bertz CT molecular complexity index is 661. The van der Waals surface area contributed by atoms with Crippen molar-refractivity contribution in [1.29, 1.82) is 0 Å². The molecule has 0 saturated carbocycles. The monoisotopic (exact) mass is 402 g/mol. The highest BCUT2D eigenvalue weighted by Crippen LogP contribution is 2.56. The molecule has 0 amide bonds. The van der Waals surface area contributed by atoms with Crippen LogP contribution in [0.3, 0.4) is 0 Å². The van der Waals surface area contributed by atoms with E-state index < -0.39 is 8.07 Å². The molecule has 0 radical (unpaired) electrons. The van der Waals surface area contributed by atoms with Gasteiger partial charge in [0.1, 0.15) is 8.07 Å². The first-order valence-corrected chi connectivity index (χ1v) is 14.8. The lowest BCUT2D eigenvalue weighted by Gasteiger charge is -2.53. The quantitative estimate of drug-likeness (QED) is 0.318. The molecule has 0 aromatic rings. The van der Waals surface area contributed by atoms with Gasteiger partial charge in [0.2, 0.25) is 0 Å². The first-order valence-electron chi connectivity index (χ1n) is 10.8. The van der Waals surface area contributed by atoms with Gasteiger partial charge in [-0.3, -0.25) is 0 Å². The van der Waals surface area contributed by atoms with Crippen LogP contribution in [-0.2, 0) is 0 Å². The highest BCUT2D eigenvalue weighted by Gasteiger charge is 2.54. The van der Waals surface area contributed by atoms with E-state index in [0.29, 0.717) is 0 Å². The minimum absolute atomic E-state index is 0.192. The van der Waals surface area contributed by atoms with Crippen molar-refractivity contribution in [2.24, 2.45) is 10.8 Å². The van der Waals surface area contributed by atoms with Crippen LogP contribution >= 0.6 is 11.8 Å². The average Bonchev–Trinajstić information content (AvgIpc) is 3.08. The lowest BCUT2D eigenvalue weighted by molar-refractivity contribution is 0.454. The van der Waals surface area contributed by atoms with Crippen LogP contribution in [0.1, 0.15) is 74.1 Å². The summed E-state index contributed by atoms with van der Waals surface area (Å²) < 4.78 is 0.260. The molecule has 0 aromatic heterocycles. The SMILES string of the molecule is CCCCSC1([Si](C)(C)C2=CCC=C2)CC=C(C(C)(C)C)C=C1C(C)(C)C. The molecule has 1 atom stereocenters. The van der Waals surface area contributed by atoms with E-state index in [1.54, 1.807) is 10.8 Å². The molecule has 0 bridgehead atoms. The van der Waals surface area contributed by atoms with E-state index in [0.717, 1.165) is 6.42 Å². The number of rotatable bonds is 6. The fourth-order valence-electron chi connectivity index (χ4n) is 4.49. The minimum Gasteiger partial charge on any atom is -0.153 e. The number of thioether (sulfide) groups is 1. The summed E-state index contributed by atoms with van der Waals surface area (Å²) in [6, 6.07) is 0. The van der Waals surface area contributed by atoms with Gasteiger partial charge in [0.25, 0.3) is 0 Å². The number of hydrogen-bond acceptors (Lipinski definition) is 1. The van der Waals surface area contributed by atoms with Crippen molar-refractivity contribution in [3.63, 3.8) is 0 Å². The predicted octanol–water partition coefficient (Wildman–Crippen LogP) is 8.28. The molecule has 152 valence electrons. The van der Waals surface area contributed by atoms with Gasteiger partial charge in [-0.05, 0) is 41.4 Å². The zero-order chi connectivity index (χ0) is 20.5. The summed E-state index contributed by atoms with van der Waals surface area (Å²) in [6.07, 6.45) is 17.4. The van der Waals surface area contributed by atoms with E-state index in [4.69, 9.17) is 0 Å². The summed E-state index contributed by atoms with van der Waals surface area (Å²) in [5.41, 5.74) is 3.63. The minimum atomic E-state index is -1.71. The van der Waals surface area contributed by atoms with Gasteiger partial charge >= 0.3 is 0 Å². The van der Waals surface area contributed by atoms with Gasteiger partial charge < -0.3 is 0 Å². The molecule has 2 aliphatic carbocycles. The largest absolute Gasteiger partial charge is 0.153 e. The molecule has 1 unspecified atom stereocenters. The van der Waals surface area contributed by atoms with Gasteiger partial charge in [0.15, 0.2) is 0 Å². The van der Waals surface area contributed by atoms with Gasteiger partial charge in [0, 0.05) is 4.37 Å². The second-order valence-electron chi connectivity index (χ2n) is 10.9. The van der Waals surface area contributed by atoms with Crippen LogP contribution in [0.15, 0.2) is 46.7 Å². The molecular weight excluding hydrogens is 360 g/mol. The predicted molar refractivity (Wildman–Crippen MR) is 129 cm³/mol. The van der Waals surface area contributed by atoms with Crippen molar-refractivity contribution in [3.05, 3.63) is 46.7 Å². The van der Waals surface area contributed by atoms with E-state index in [-0.39, 0.29) is 15.2 Å². The fraction of sp³-hybridized carbons (Fsp3) is 0.680. The summed E-state index contributed by atoms with van der Waals surface area (Å²) in [4.78, 5) is 0. The maximum absolute atomic E-state index is 2.63. The highest BCUT2D eigenvalue weighted by molar-refractivity contribution is 8.02. The number of allylic oxidation sites excluding steroid dienone is 7. The van der Waals surface area contributed by atoms with Gasteiger partial charge in [-0.25, -0.2) is 0 Å². The lowest BCUT2D eigenvalue weighted by Crippen LogP contribution is -2.57. The molecule has 0 nitrogen and oxygen atoms in total. The first-order chi connectivity index (χ1) is 12.4. The van der Waals surface area contributed by atoms with Crippen LogP contribution in [0.4, 0.5) is 0 Å². The summed E-state index contributed by atoms with van der Waals surface area (Å²) in [5, 5.41) is 1.66. The fourth-order valence-corrected chi connectivity index (χ4v) is 11.5. The van der Waals surface area contributed by atoms with Gasteiger partial charge in [-0.15, -0.1) is 0 Å². The lowest BCUT2D eigenvalue weighted by atomic mass is 9.75. The van der Waals surface area contributed by atoms with Crippen LogP contribution in [-0.4, -0.2) is 18.2 Å². The van der Waals surface area contributed by atoms with E-state index in [1.807, 2.05) is 0 Å². The molecule has 2 heteroatoms. The average molecular weight is 403 g/mol. The van der Waals surface area contributed by atoms with Crippen molar-refractivity contribution >= 4 is 19.8 Å². The van der Waals surface area contributed by atoms with E-state index in [9.17, 15) is 0 Å². The Morgan fingerprint density at radius 1 is 1.04 bits per heavy atom. The summed E-state index contributed by atoms with van der Waals surface area (Å²) in [7, 11) is -1.71. The molecule has 0 N–H and O–H groups in total. The Kier molecular flexibility index (Phi) is 6.85. The van der Waals surface area contributed by atoms with Gasteiger partial charge in [0.05, 0.1) is 0 Å². The number of hydrogen-bond donors (Lipinski definition) is 0. The van der Waals surface area contributed by atoms with Crippen molar-refractivity contribution < 1.29 is 0 Å². The Morgan fingerprint density at radius 2 is 1.70 bits per heavy atom. The van der Waals surface area contributed by atoms with E-state index in [1.165, 1.54) is 30.6 Å². The van der Waals surface area contributed by atoms with Gasteiger partial charge in [-0.2, -0.15) is 11.8 Å². The maximum atomic E-state index is 2.63. The van der Waals surface area contributed by atoms with Crippen molar-refractivity contribution in [2.75, 3.05) is 5.75 Å². The smallest absolute Gasteiger partial charge is 0.103 e. The zero-order valence-electron chi connectivity index (χ0n) is 19.3. The van der Waals surface area contributed by atoms with Crippen LogP contribution < -0.4 is 0 Å². The van der Waals surface area contributed by atoms with Crippen molar-refractivity contribution in [3.8, 4) is 0 Å². The van der Waals surface area contributed by atoms with Crippen molar-refractivity contribution in [1.82, 2.24) is 0 Å². The Balaban J connectivity index is 2.62. The molecule has 0 heterocycles. The molecule has 2 rings (SSSR count). The normalized spacial score (nSPS) is 24.0. The highest BCUT2D eigenvalue weighted by atomic mass is 32.2. The molecule has 2 aliphatic rings. The molecule has 0 aromatic carbocycles. The second-order valence-corrected chi connectivity index (χ2v) is 17.3.